The first kappa shape index (κ1) is 16.1. The predicted molar refractivity (Wildman–Crippen MR) is 94.3 cm³/mol. The summed E-state index contributed by atoms with van der Waals surface area (Å²) in [5.74, 6) is 0.109. The van der Waals surface area contributed by atoms with Gasteiger partial charge in [-0.25, -0.2) is 0 Å². The lowest BCUT2D eigenvalue weighted by Crippen LogP contribution is -2.50. The zero-order valence-electron chi connectivity index (χ0n) is 12.9. The fourth-order valence-corrected chi connectivity index (χ4v) is 3.68. The summed E-state index contributed by atoms with van der Waals surface area (Å²) in [4.78, 5) is 30.4. The molecule has 2 heterocycles. The Balaban J connectivity index is 1.59. The van der Waals surface area contributed by atoms with E-state index in [1.54, 1.807) is 11.8 Å². The van der Waals surface area contributed by atoms with Crippen molar-refractivity contribution >= 4 is 34.9 Å². The summed E-state index contributed by atoms with van der Waals surface area (Å²) in [6.45, 7) is 2.34. The highest BCUT2D eigenvalue weighted by Crippen LogP contribution is 2.18. The van der Waals surface area contributed by atoms with Crippen LogP contribution in [0.3, 0.4) is 0 Å². The minimum atomic E-state index is 0.0425. The molecule has 4 nitrogen and oxygen atoms in total. The first-order valence-corrected chi connectivity index (χ1v) is 9.55. The van der Waals surface area contributed by atoms with Crippen LogP contribution in [0, 0.1) is 0 Å². The van der Waals surface area contributed by atoms with E-state index in [-0.39, 0.29) is 11.8 Å². The van der Waals surface area contributed by atoms with E-state index in [1.165, 1.54) is 11.3 Å². The summed E-state index contributed by atoms with van der Waals surface area (Å²) in [5, 5.41) is 1.91. The van der Waals surface area contributed by atoms with Crippen molar-refractivity contribution in [3.05, 3.63) is 52.2 Å². The Hall–Kier alpha value is -1.79. The standard InChI is InChI=1S/C17H18N2O2S2/c1-22-14-6-4-13(5-7-14)16(20)18-8-10-19(11-9-18)17(21)15-3-2-12-23-15/h2-7,12H,8-11H2,1H3. The van der Waals surface area contributed by atoms with Crippen molar-refractivity contribution in [3.63, 3.8) is 0 Å². The van der Waals surface area contributed by atoms with Crippen LogP contribution in [0.15, 0.2) is 46.7 Å². The van der Waals surface area contributed by atoms with Gasteiger partial charge in [0.05, 0.1) is 4.88 Å². The molecule has 0 atom stereocenters. The van der Waals surface area contributed by atoms with Gasteiger partial charge in [0.1, 0.15) is 0 Å². The van der Waals surface area contributed by atoms with Crippen molar-refractivity contribution in [1.29, 1.82) is 0 Å². The van der Waals surface area contributed by atoms with Gasteiger partial charge in [-0.2, -0.15) is 0 Å². The molecule has 0 unspecified atom stereocenters. The topological polar surface area (TPSA) is 40.6 Å². The Kier molecular flexibility index (Phi) is 5.03. The summed E-state index contributed by atoms with van der Waals surface area (Å²) in [6.07, 6.45) is 2.01. The minimum absolute atomic E-state index is 0.0425. The van der Waals surface area contributed by atoms with Crippen molar-refractivity contribution in [2.75, 3.05) is 32.4 Å². The molecule has 6 heteroatoms. The minimum Gasteiger partial charge on any atom is -0.335 e. The van der Waals surface area contributed by atoms with E-state index < -0.39 is 0 Å². The van der Waals surface area contributed by atoms with E-state index in [2.05, 4.69) is 0 Å². The molecule has 120 valence electrons. The van der Waals surface area contributed by atoms with Crippen molar-refractivity contribution in [2.45, 2.75) is 4.90 Å². The Morgan fingerprint density at radius 1 is 0.957 bits per heavy atom. The van der Waals surface area contributed by atoms with Gasteiger partial charge in [0, 0.05) is 36.6 Å². The molecule has 2 amide bonds. The lowest BCUT2D eigenvalue weighted by molar-refractivity contribution is 0.0538. The van der Waals surface area contributed by atoms with Crippen LogP contribution in [0.5, 0.6) is 0 Å². The molecular formula is C17H18N2O2S2. The highest BCUT2D eigenvalue weighted by atomic mass is 32.2. The number of piperazine rings is 1. The molecule has 1 aliphatic rings. The van der Waals surface area contributed by atoms with Crippen LogP contribution in [0.25, 0.3) is 0 Å². The fourth-order valence-electron chi connectivity index (χ4n) is 2.58. The van der Waals surface area contributed by atoms with Crippen LogP contribution >= 0.6 is 23.1 Å². The molecule has 23 heavy (non-hydrogen) atoms. The SMILES string of the molecule is CSc1ccc(C(=O)N2CCN(C(=O)c3cccs3)CC2)cc1. The molecular weight excluding hydrogens is 328 g/mol. The van der Waals surface area contributed by atoms with Crippen LogP contribution in [0.1, 0.15) is 20.0 Å². The Bertz CT molecular complexity index is 675. The third-order valence-corrected chi connectivity index (χ3v) is 5.52. The summed E-state index contributed by atoms with van der Waals surface area (Å²) >= 11 is 3.12. The second kappa shape index (κ2) is 7.19. The maximum Gasteiger partial charge on any atom is 0.264 e. The number of carbonyl (C=O) groups is 2. The molecule has 1 aromatic carbocycles. The van der Waals surface area contributed by atoms with Crippen molar-refractivity contribution in [1.82, 2.24) is 9.80 Å². The molecule has 1 saturated heterocycles. The fraction of sp³-hybridized carbons (Fsp3) is 0.294. The Morgan fingerprint density at radius 2 is 1.57 bits per heavy atom. The van der Waals surface area contributed by atoms with Gasteiger partial charge in [-0.05, 0) is 42.0 Å². The maximum atomic E-state index is 12.5. The average Bonchev–Trinajstić information content (AvgIpc) is 3.15. The van der Waals surface area contributed by atoms with E-state index in [4.69, 9.17) is 0 Å². The van der Waals surface area contributed by atoms with Gasteiger partial charge in [0.15, 0.2) is 0 Å². The molecule has 0 radical (unpaired) electrons. The molecule has 0 saturated carbocycles. The molecule has 0 spiro atoms. The van der Waals surface area contributed by atoms with Crippen molar-refractivity contribution < 1.29 is 9.59 Å². The van der Waals surface area contributed by atoms with Crippen LogP contribution < -0.4 is 0 Å². The smallest absolute Gasteiger partial charge is 0.264 e. The number of hydrogen-bond acceptors (Lipinski definition) is 4. The Morgan fingerprint density at radius 3 is 2.09 bits per heavy atom. The number of rotatable bonds is 3. The summed E-state index contributed by atoms with van der Waals surface area (Å²) < 4.78 is 0. The van der Waals surface area contributed by atoms with Gasteiger partial charge in [-0.15, -0.1) is 23.1 Å². The first-order valence-electron chi connectivity index (χ1n) is 7.45. The van der Waals surface area contributed by atoms with E-state index in [0.717, 1.165) is 9.77 Å². The number of benzene rings is 1. The second-order valence-electron chi connectivity index (χ2n) is 5.29. The van der Waals surface area contributed by atoms with E-state index in [9.17, 15) is 9.59 Å². The maximum absolute atomic E-state index is 12.5. The predicted octanol–water partition coefficient (Wildman–Crippen LogP) is 3.07. The van der Waals surface area contributed by atoms with Gasteiger partial charge in [-0.3, -0.25) is 9.59 Å². The van der Waals surface area contributed by atoms with E-state index >= 15 is 0 Å². The highest BCUT2D eigenvalue weighted by molar-refractivity contribution is 7.98. The first-order chi connectivity index (χ1) is 11.2. The second-order valence-corrected chi connectivity index (χ2v) is 7.12. The van der Waals surface area contributed by atoms with Crippen LogP contribution in [-0.4, -0.2) is 54.0 Å². The molecule has 1 aromatic heterocycles. The summed E-state index contributed by atoms with van der Waals surface area (Å²) in [6, 6.07) is 11.4. The van der Waals surface area contributed by atoms with Gasteiger partial charge >= 0.3 is 0 Å². The molecule has 2 aromatic rings. The third kappa shape index (κ3) is 3.59. The van der Waals surface area contributed by atoms with Crippen LogP contribution in [-0.2, 0) is 0 Å². The quantitative estimate of drug-likeness (QED) is 0.802. The number of carbonyl (C=O) groups excluding carboxylic acids is 2. The number of thioether (sulfide) groups is 1. The van der Waals surface area contributed by atoms with Crippen LogP contribution in [0.2, 0.25) is 0 Å². The lowest BCUT2D eigenvalue weighted by Gasteiger charge is -2.34. The van der Waals surface area contributed by atoms with Crippen molar-refractivity contribution in [3.8, 4) is 0 Å². The number of amides is 2. The summed E-state index contributed by atoms with van der Waals surface area (Å²) in [7, 11) is 0. The number of hydrogen-bond donors (Lipinski definition) is 0. The molecule has 0 bridgehead atoms. The zero-order chi connectivity index (χ0) is 16.2. The molecule has 3 rings (SSSR count). The summed E-state index contributed by atoms with van der Waals surface area (Å²) in [5.41, 5.74) is 0.709. The number of thiophene rings is 1. The average molecular weight is 346 g/mol. The number of nitrogens with zero attached hydrogens (tertiary/aromatic N) is 2. The Labute approximate surface area is 144 Å². The lowest BCUT2D eigenvalue weighted by atomic mass is 10.2. The molecule has 0 aliphatic carbocycles. The normalized spacial score (nSPS) is 14.8. The largest absolute Gasteiger partial charge is 0.335 e. The molecule has 1 aliphatic heterocycles. The van der Waals surface area contributed by atoms with Gasteiger partial charge in [-0.1, -0.05) is 6.07 Å². The van der Waals surface area contributed by atoms with Gasteiger partial charge in [0.25, 0.3) is 11.8 Å². The van der Waals surface area contributed by atoms with E-state index in [0.29, 0.717) is 31.7 Å². The molecule has 1 fully saturated rings. The third-order valence-electron chi connectivity index (χ3n) is 3.92. The monoisotopic (exact) mass is 346 g/mol. The zero-order valence-corrected chi connectivity index (χ0v) is 14.5. The van der Waals surface area contributed by atoms with Crippen molar-refractivity contribution in [2.24, 2.45) is 0 Å². The van der Waals surface area contributed by atoms with E-state index in [1.807, 2.05) is 57.8 Å². The highest BCUT2D eigenvalue weighted by Gasteiger charge is 2.25. The molecule has 0 N–H and O–H groups in total. The van der Waals surface area contributed by atoms with Gasteiger partial charge in [0.2, 0.25) is 0 Å². The van der Waals surface area contributed by atoms with Gasteiger partial charge < -0.3 is 9.80 Å². The van der Waals surface area contributed by atoms with Crippen LogP contribution in [0.4, 0.5) is 0 Å².